The SMILES string of the molecule is CCc1cc(N)cc(N)c1.O=c1ccc2ccccc2o1. The molecular formula is C17H18N2O2. The third kappa shape index (κ3) is 4.11. The maximum absolute atomic E-state index is 10.7. The van der Waals surface area contributed by atoms with E-state index in [-0.39, 0.29) is 5.63 Å². The predicted molar refractivity (Wildman–Crippen MR) is 87.1 cm³/mol. The van der Waals surface area contributed by atoms with E-state index < -0.39 is 0 Å². The number of nitrogens with two attached hydrogens (primary N) is 2. The van der Waals surface area contributed by atoms with E-state index in [0.29, 0.717) is 5.58 Å². The second-order valence-electron chi connectivity index (χ2n) is 4.65. The summed E-state index contributed by atoms with van der Waals surface area (Å²) in [5.74, 6) is 0. The first-order valence-corrected chi connectivity index (χ1v) is 6.72. The molecule has 0 saturated carbocycles. The molecule has 3 aromatic rings. The number of hydrogen-bond acceptors (Lipinski definition) is 4. The lowest BCUT2D eigenvalue weighted by molar-refractivity contribution is 0.561. The van der Waals surface area contributed by atoms with Crippen molar-refractivity contribution in [2.75, 3.05) is 11.5 Å². The molecule has 21 heavy (non-hydrogen) atoms. The van der Waals surface area contributed by atoms with Crippen LogP contribution in [0.15, 0.2) is 63.8 Å². The van der Waals surface area contributed by atoms with Gasteiger partial charge in [-0.05, 0) is 42.3 Å². The van der Waals surface area contributed by atoms with Crippen molar-refractivity contribution in [2.45, 2.75) is 13.3 Å². The topological polar surface area (TPSA) is 82.2 Å². The molecule has 0 amide bonds. The molecule has 4 N–H and O–H groups in total. The molecule has 0 unspecified atom stereocenters. The van der Waals surface area contributed by atoms with Crippen LogP contribution in [0.3, 0.4) is 0 Å². The van der Waals surface area contributed by atoms with Crippen molar-refractivity contribution in [1.82, 2.24) is 0 Å². The van der Waals surface area contributed by atoms with Gasteiger partial charge in [-0.25, -0.2) is 4.79 Å². The minimum absolute atomic E-state index is 0.302. The van der Waals surface area contributed by atoms with Crippen LogP contribution in [0.1, 0.15) is 12.5 Å². The van der Waals surface area contributed by atoms with E-state index in [0.717, 1.165) is 23.2 Å². The first-order valence-electron chi connectivity index (χ1n) is 6.72. The first-order chi connectivity index (χ1) is 10.1. The van der Waals surface area contributed by atoms with Crippen molar-refractivity contribution >= 4 is 22.3 Å². The van der Waals surface area contributed by atoms with Crippen LogP contribution in [0.2, 0.25) is 0 Å². The lowest BCUT2D eigenvalue weighted by Gasteiger charge is -2.00. The van der Waals surface area contributed by atoms with Crippen molar-refractivity contribution in [3.63, 3.8) is 0 Å². The van der Waals surface area contributed by atoms with Crippen molar-refractivity contribution in [3.05, 3.63) is 70.6 Å². The highest BCUT2D eigenvalue weighted by Crippen LogP contribution is 2.13. The maximum atomic E-state index is 10.7. The summed E-state index contributed by atoms with van der Waals surface area (Å²) in [5, 5.41) is 0.951. The normalized spacial score (nSPS) is 9.95. The Kier molecular flexibility index (Phi) is 4.61. The maximum Gasteiger partial charge on any atom is 0.336 e. The smallest absolute Gasteiger partial charge is 0.336 e. The molecule has 1 aromatic heterocycles. The van der Waals surface area contributed by atoms with Gasteiger partial charge >= 0.3 is 5.63 Å². The molecule has 0 bridgehead atoms. The summed E-state index contributed by atoms with van der Waals surface area (Å²) in [6.45, 7) is 2.08. The number of rotatable bonds is 1. The van der Waals surface area contributed by atoms with Crippen LogP contribution < -0.4 is 17.1 Å². The van der Waals surface area contributed by atoms with Crippen molar-refractivity contribution in [3.8, 4) is 0 Å². The molecule has 0 radical (unpaired) electrons. The van der Waals surface area contributed by atoms with E-state index in [1.165, 1.54) is 11.6 Å². The van der Waals surface area contributed by atoms with E-state index in [4.69, 9.17) is 15.9 Å². The summed E-state index contributed by atoms with van der Waals surface area (Å²) in [4.78, 5) is 10.7. The Morgan fingerprint density at radius 1 is 0.952 bits per heavy atom. The van der Waals surface area contributed by atoms with Crippen LogP contribution in [-0.4, -0.2) is 0 Å². The van der Waals surface area contributed by atoms with Gasteiger partial charge in [-0.1, -0.05) is 25.1 Å². The zero-order valence-corrected chi connectivity index (χ0v) is 11.9. The van der Waals surface area contributed by atoms with Crippen LogP contribution in [0, 0.1) is 0 Å². The summed E-state index contributed by atoms with van der Waals surface area (Å²) in [6, 6.07) is 16.2. The molecule has 108 valence electrons. The van der Waals surface area contributed by atoms with E-state index in [1.807, 2.05) is 30.3 Å². The van der Waals surface area contributed by atoms with Crippen molar-refractivity contribution in [2.24, 2.45) is 0 Å². The molecule has 0 atom stereocenters. The summed E-state index contributed by atoms with van der Waals surface area (Å²) in [5.41, 5.74) is 14.1. The fourth-order valence-electron chi connectivity index (χ4n) is 1.96. The van der Waals surface area contributed by atoms with Crippen molar-refractivity contribution in [1.29, 1.82) is 0 Å². The number of aryl methyl sites for hydroxylation is 1. The van der Waals surface area contributed by atoms with Crippen LogP contribution in [-0.2, 0) is 6.42 Å². The second-order valence-corrected chi connectivity index (χ2v) is 4.65. The lowest BCUT2D eigenvalue weighted by Crippen LogP contribution is -1.93. The molecule has 2 aromatic carbocycles. The quantitative estimate of drug-likeness (QED) is 0.530. The summed E-state index contributed by atoms with van der Waals surface area (Å²) in [6.07, 6.45) is 0.981. The predicted octanol–water partition coefficient (Wildman–Crippen LogP) is 3.21. The zero-order chi connectivity index (χ0) is 15.2. The third-order valence-corrected chi connectivity index (χ3v) is 2.97. The van der Waals surface area contributed by atoms with Crippen LogP contribution in [0.4, 0.5) is 11.4 Å². The van der Waals surface area contributed by atoms with E-state index in [1.54, 1.807) is 18.2 Å². The van der Waals surface area contributed by atoms with Crippen LogP contribution in [0.25, 0.3) is 11.0 Å². The Balaban J connectivity index is 0.000000155. The monoisotopic (exact) mass is 282 g/mol. The molecule has 0 aliphatic rings. The average molecular weight is 282 g/mol. The summed E-state index contributed by atoms with van der Waals surface area (Å²) in [7, 11) is 0. The highest BCUT2D eigenvalue weighted by molar-refractivity contribution is 5.75. The highest BCUT2D eigenvalue weighted by Gasteiger charge is 1.93. The fraction of sp³-hybridized carbons (Fsp3) is 0.118. The number of para-hydroxylation sites is 1. The average Bonchev–Trinajstić information content (AvgIpc) is 2.46. The van der Waals surface area contributed by atoms with Gasteiger partial charge in [0.05, 0.1) is 0 Å². The second kappa shape index (κ2) is 6.61. The van der Waals surface area contributed by atoms with E-state index in [2.05, 4.69) is 6.92 Å². The molecule has 4 nitrogen and oxygen atoms in total. The molecule has 4 heteroatoms. The number of hydrogen-bond donors (Lipinski definition) is 2. The highest BCUT2D eigenvalue weighted by atomic mass is 16.4. The van der Waals surface area contributed by atoms with E-state index >= 15 is 0 Å². The largest absolute Gasteiger partial charge is 0.423 e. The lowest BCUT2D eigenvalue weighted by atomic mass is 10.1. The van der Waals surface area contributed by atoms with Crippen LogP contribution >= 0.6 is 0 Å². The fourth-order valence-corrected chi connectivity index (χ4v) is 1.96. The Bertz CT molecular complexity index is 774. The molecule has 3 rings (SSSR count). The molecule has 0 aliphatic heterocycles. The zero-order valence-electron chi connectivity index (χ0n) is 11.9. The van der Waals surface area contributed by atoms with E-state index in [9.17, 15) is 4.79 Å². The number of anilines is 2. The van der Waals surface area contributed by atoms with Gasteiger partial charge in [0, 0.05) is 22.8 Å². The Morgan fingerprint density at radius 3 is 2.29 bits per heavy atom. The Labute approximate surface area is 123 Å². The third-order valence-electron chi connectivity index (χ3n) is 2.97. The minimum atomic E-state index is -0.302. The molecule has 0 fully saturated rings. The molecular weight excluding hydrogens is 264 g/mol. The van der Waals surface area contributed by atoms with Gasteiger partial charge in [-0.2, -0.15) is 0 Å². The Hall–Kier alpha value is -2.75. The summed E-state index contributed by atoms with van der Waals surface area (Å²) < 4.78 is 4.91. The van der Waals surface area contributed by atoms with Gasteiger partial charge in [0.1, 0.15) is 5.58 Å². The molecule has 0 aliphatic carbocycles. The van der Waals surface area contributed by atoms with Gasteiger partial charge in [-0.15, -0.1) is 0 Å². The Morgan fingerprint density at radius 2 is 1.62 bits per heavy atom. The van der Waals surface area contributed by atoms with Gasteiger partial charge in [-0.3, -0.25) is 0 Å². The van der Waals surface area contributed by atoms with Crippen molar-refractivity contribution < 1.29 is 4.42 Å². The van der Waals surface area contributed by atoms with Gasteiger partial charge in [0.15, 0.2) is 0 Å². The number of nitrogen functional groups attached to an aromatic ring is 2. The molecule has 0 saturated heterocycles. The number of benzene rings is 2. The summed E-state index contributed by atoms with van der Waals surface area (Å²) >= 11 is 0. The van der Waals surface area contributed by atoms with Gasteiger partial charge in [0.2, 0.25) is 0 Å². The van der Waals surface area contributed by atoms with Gasteiger partial charge < -0.3 is 15.9 Å². The van der Waals surface area contributed by atoms with Gasteiger partial charge in [0.25, 0.3) is 0 Å². The molecule has 0 spiro atoms. The number of fused-ring (bicyclic) bond motifs is 1. The molecule has 1 heterocycles. The standard InChI is InChI=1S/C9H6O2.C8H12N2/c10-9-6-5-7-3-1-2-4-8(7)11-9;1-2-6-3-7(9)5-8(10)4-6/h1-6H;3-5H,2,9-10H2,1H3. The van der Waals surface area contributed by atoms with Crippen LogP contribution in [0.5, 0.6) is 0 Å². The minimum Gasteiger partial charge on any atom is -0.423 e. The first kappa shape index (κ1) is 14.7.